The fraction of sp³-hybridized carbons (Fsp3) is 0.118. The number of fused-ring (bicyclic) bond motifs is 2. The summed E-state index contributed by atoms with van der Waals surface area (Å²) in [5.41, 5.74) is 5.14. The fourth-order valence-corrected chi connectivity index (χ4v) is 5.07. The number of hydrogen-bond donors (Lipinski definition) is 0. The lowest BCUT2D eigenvalue weighted by Gasteiger charge is -2.09. The molecule has 0 aliphatic carbocycles. The van der Waals surface area contributed by atoms with Crippen molar-refractivity contribution < 1.29 is 61.8 Å². The molecule has 196 valence electrons. The van der Waals surface area contributed by atoms with E-state index in [1.54, 1.807) is 0 Å². The van der Waals surface area contributed by atoms with Crippen LogP contribution < -0.4 is 61.8 Å². The molecule has 0 unspecified atom stereocenters. The van der Waals surface area contributed by atoms with Crippen LogP contribution in [-0.2, 0) is 26.9 Å². The van der Waals surface area contributed by atoms with Crippen molar-refractivity contribution in [1.29, 1.82) is 0 Å². The highest BCUT2D eigenvalue weighted by Crippen LogP contribution is 2.25. The molecule has 0 radical (unpaired) electrons. The summed E-state index contributed by atoms with van der Waals surface area (Å²) < 4.78 is 10.6. The maximum Gasteiger partial charge on any atom is 0.193 e. The number of aromatic nitrogens is 2. The molecule has 0 saturated heterocycles. The van der Waals surface area contributed by atoms with E-state index in [1.807, 2.05) is 0 Å². The van der Waals surface area contributed by atoms with Crippen molar-refractivity contribution in [2.45, 2.75) is 12.8 Å². The van der Waals surface area contributed by atoms with Gasteiger partial charge in [0.05, 0.1) is 12.8 Å². The van der Waals surface area contributed by atoms with Gasteiger partial charge in [-0.2, -0.15) is 0 Å². The number of benzene rings is 4. The Morgan fingerprint density at radius 1 is 0.487 bits per heavy atom. The van der Waals surface area contributed by atoms with E-state index in [-0.39, 0.29) is 48.0 Å². The van der Waals surface area contributed by atoms with E-state index in [4.69, 9.17) is 4.74 Å². The number of rotatable bonds is 6. The first-order valence-corrected chi connectivity index (χ1v) is 12.7. The Morgan fingerprint density at radius 3 is 1.28 bits per heavy atom. The molecule has 0 aliphatic rings. The summed E-state index contributed by atoms with van der Waals surface area (Å²) >= 11 is 0. The second-order valence-electron chi connectivity index (χ2n) is 9.66. The average molecular weight is 736 g/mol. The van der Waals surface area contributed by atoms with Crippen LogP contribution in [0.1, 0.15) is 22.5 Å². The third-order valence-electron chi connectivity index (χ3n) is 7.18. The summed E-state index contributed by atoms with van der Waals surface area (Å²) in [7, 11) is 4.23. The monoisotopic (exact) mass is 736 g/mol. The van der Waals surface area contributed by atoms with Crippen molar-refractivity contribution in [2.75, 3.05) is 0 Å². The normalized spacial score (nSPS) is 10.6. The van der Waals surface area contributed by atoms with E-state index >= 15 is 0 Å². The molecule has 0 saturated carbocycles. The average Bonchev–Trinajstić information content (AvgIpc) is 2.94. The van der Waals surface area contributed by atoms with Gasteiger partial charge in [-0.3, -0.25) is 0 Å². The van der Waals surface area contributed by atoms with Gasteiger partial charge in [0.15, 0.2) is 23.8 Å². The van der Waals surface area contributed by atoms with Crippen molar-refractivity contribution in [3.05, 3.63) is 144 Å². The lowest BCUT2D eigenvalue weighted by molar-refractivity contribution is -0.677. The highest BCUT2D eigenvalue weighted by Gasteiger charge is 2.14. The summed E-state index contributed by atoms with van der Waals surface area (Å²) in [6.07, 6.45) is 6.02. The largest absolute Gasteiger partial charge is 1.00 e. The number of aryl methyl sites for hydroxylation is 2. The van der Waals surface area contributed by atoms with Gasteiger partial charge < -0.3 is 52.7 Å². The van der Waals surface area contributed by atoms with Crippen LogP contribution in [0.3, 0.4) is 0 Å². The van der Waals surface area contributed by atoms with E-state index in [0.29, 0.717) is 0 Å². The van der Waals surface area contributed by atoms with Crippen LogP contribution in [0.4, 0.5) is 0 Å². The predicted molar refractivity (Wildman–Crippen MR) is 149 cm³/mol. The zero-order valence-corrected chi connectivity index (χ0v) is 26.3. The number of hydrogen-bond acceptors (Lipinski definition) is 1. The van der Waals surface area contributed by atoms with Crippen molar-refractivity contribution in [3.63, 3.8) is 0 Å². The third-order valence-corrected chi connectivity index (χ3v) is 7.18. The molecule has 0 spiro atoms. The quantitative estimate of drug-likeness (QED) is 0.181. The molecule has 6 aromatic rings. The van der Waals surface area contributed by atoms with Crippen molar-refractivity contribution in [2.24, 2.45) is 14.1 Å². The Kier molecular flexibility index (Phi) is 9.56. The molecular weight excluding hydrogens is 706 g/mol. The molecule has 5 heteroatoms. The first kappa shape index (κ1) is 29.0. The minimum Gasteiger partial charge on any atom is -1.00 e. The third kappa shape index (κ3) is 6.41. The van der Waals surface area contributed by atoms with E-state index in [0.717, 1.165) is 24.3 Å². The standard InChI is InChI=1S/C34H30N2O.2HI/c1-35-21-19-27-7-3-5-9-31(27)33(35)23-25-11-15-29(16-12-25)37-30-17-13-26(14-18-30)24-34-32-10-6-4-8-28(32)20-22-36(34)2;;/h3-22H,23-24H2,1-2H3;2*1H/q+2;;/p-2. The first-order chi connectivity index (χ1) is 18.1. The van der Waals surface area contributed by atoms with E-state index < -0.39 is 0 Å². The summed E-state index contributed by atoms with van der Waals surface area (Å²) in [6, 6.07) is 38.4. The van der Waals surface area contributed by atoms with Gasteiger partial charge in [0, 0.05) is 22.9 Å². The summed E-state index contributed by atoms with van der Waals surface area (Å²) in [4.78, 5) is 0. The molecule has 4 aromatic carbocycles. The minimum absolute atomic E-state index is 0. The number of halogens is 2. The van der Waals surface area contributed by atoms with Crippen LogP contribution in [0.5, 0.6) is 11.5 Å². The molecule has 39 heavy (non-hydrogen) atoms. The van der Waals surface area contributed by atoms with Gasteiger partial charge in [0.25, 0.3) is 0 Å². The highest BCUT2D eigenvalue weighted by molar-refractivity contribution is 5.84. The molecule has 3 nitrogen and oxygen atoms in total. The molecule has 6 rings (SSSR count). The Labute approximate surface area is 264 Å². The second kappa shape index (κ2) is 12.9. The fourth-order valence-electron chi connectivity index (χ4n) is 5.07. The second-order valence-corrected chi connectivity index (χ2v) is 9.66. The maximum absolute atomic E-state index is 6.17. The Hall–Kier alpha value is -3.04. The molecule has 2 heterocycles. The van der Waals surface area contributed by atoms with Gasteiger partial charge in [-0.15, -0.1) is 0 Å². The van der Waals surface area contributed by atoms with Crippen LogP contribution in [0.25, 0.3) is 21.5 Å². The van der Waals surface area contributed by atoms with E-state index in [2.05, 4.69) is 145 Å². The molecule has 0 bridgehead atoms. The van der Waals surface area contributed by atoms with E-state index in [1.165, 1.54) is 44.1 Å². The molecule has 0 N–H and O–H groups in total. The predicted octanol–water partition coefficient (Wildman–Crippen LogP) is 0.624. The minimum atomic E-state index is 0. The van der Waals surface area contributed by atoms with Crippen molar-refractivity contribution in [3.8, 4) is 11.5 Å². The Morgan fingerprint density at radius 2 is 0.872 bits per heavy atom. The van der Waals surface area contributed by atoms with Gasteiger partial charge >= 0.3 is 0 Å². The van der Waals surface area contributed by atoms with Crippen LogP contribution in [-0.4, -0.2) is 0 Å². The molecular formula is C34H30I2N2O. The number of ether oxygens (including phenoxy) is 1. The van der Waals surface area contributed by atoms with Crippen LogP contribution in [0.15, 0.2) is 122 Å². The molecule has 0 amide bonds. The van der Waals surface area contributed by atoms with Crippen molar-refractivity contribution >= 4 is 21.5 Å². The zero-order valence-electron chi connectivity index (χ0n) is 22.0. The zero-order chi connectivity index (χ0) is 25.2. The Balaban J connectivity index is 0.00000176. The van der Waals surface area contributed by atoms with Crippen molar-refractivity contribution in [1.82, 2.24) is 0 Å². The van der Waals surface area contributed by atoms with Crippen LogP contribution in [0.2, 0.25) is 0 Å². The van der Waals surface area contributed by atoms with Gasteiger partial charge in [0.1, 0.15) is 25.6 Å². The Bertz CT molecular complexity index is 1590. The number of pyridine rings is 2. The van der Waals surface area contributed by atoms with Crippen LogP contribution >= 0.6 is 0 Å². The van der Waals surface area contributed by atoms with Gasteiger partial charge in [-0.1, -0.05) is 60.7 Å². The molecule has 0 fully saturated rings. The lowest BCUT2D eigenvalue weighted by atomic mass is 10.0. The molecule has 0 atom stereocenters. The van der Waals surface area contributed by atoms with Gasteiger partial charge in [-0.25, -0.2) is 9.13 Å². The van der Waals surface area contributed by atoms with Crippen LogP contribution in [0, 0.1) is 0 Å². The SMILES string of the molecule is C[n+]1ccc2ccccc2c1Cc1ccc(Oc2ccc(Cc3c4ccccc4cc[n+]3C)cc2)cc1.[I-].[I-]. The highest BCUT2D eigenvalue weighted by atomic mass is 127. The van der Waals surface area contributed by atoms with Gasteiger partial charge in [0.2, 0.25) is 0 Å². The number of nitrogens with zero attached hydrogens (tertiary/aromatic N) is 2. The molecule has 2 aromatic heterocycles. The smallest absolute Gasteiger partial charge is 0.193 e. The summed E-state index contributed by atoms with van der Waals surface area (Å²) in [5, 5.41) is 5.14. The topological polar surface area (TPSA) is 17.0 Å². The molecule has 0 aliphatic heterocycles. The summed E-state index contributed by atoms with van der Waals surface area (Å²) in [5.74, 6) is 1.69. The summed E-state index contributed by atoms with van der Waals surface area (Å²) in [6.45, 7) is 0. The van der Waals surface area contributed by atoms with E-state index in [9.17, 15) is 0 Å². The maximum atomic E-state index is 6.17. The van der Waals surface area contributed by atoms with Gasteiger partial charge in [-0.05, 0) is 58.3 Å². The lowest BCUT2D eigenvalue weighted by Crippen LogP contribution is -3.00. The first-order valence-electron chi connectivity index (χ1n) is 12.7.